The van der Waals surface area contributed by atoms with Crippen LogP contribution in [-0.4, -0.2) is 30.7 Å². The summed E-state index contributed by atoms with van der Waals surface area (Å²) in [4.78, 5) is -0.222. The Bertz CT molecular complexity index is 12.4. The third-order valence-corrected chi connectivity index (χ3v) is 0. The molecule has 5 heavy (non-hydrogen) atoms. The molecule has 0 N–H and O–H groups in total. The molecule has 0 amide bonds. The zero-order chi connectivity index (χ0) is 3.58. The molecule has 0 aliphatic carbocycles. The van der Waals surface area contributed by atoms with E-state index >= 15 is 0 Å². The quantitative estimate of drug-likeness (QED) is 0.521. The normalized spacial score (nSPS) is 7.20. The van der Waals surface area contributed by atoms with Crippen molar-refractivity contribution in [2.24, 2.45) is 0 Å². The third kappa shape index (κ3) is 30.9. The fourth-order valence-electron chi connectivity index (χ4n) is 0. The van der Waals surface area contributed by atoms with Crippen LogP contribution in [0.5, 0.6) is 0 Å². The minimum atomic E-state index is -0.222. The van der Waals surface area contributed by atoms with Crippen molar-refractivity contribution in [3.63, 3.8) is 0 Å². The Labute approximate surface area is 60.6 Å². The summed E-state index contributed by atoms with van der Waals surface area (Å²) in [5, 5.41) is 0. The van der Waals surface area contributed by atoms with Crippen molar-refractivity contribution in [3.05, 3.63) is 0 Å². The van der Waals surface area contributed by atoms with E-state index in [4.69, 9.17) is 23.2 Å². The van der Waals surface area contributed by atoms with Crippen LogP contribution < -0.4 is 0 Å². The topological polar surface area (TPSA) is 0 Å². The maximum absolute atomic E-state index is 5.04. The van der Waals surface area contributed by atoms with Gasteiger partial charge in [-0.1, -0.05) is 0 Å². The first-order valence-electron chi connectivity index (χ1n) is 1.01. The molecule has 0 bridgehead atoms. The second kappa shape index (κ2) is 5.45. The van der Waals surface area contributed by atoms with Gasteiger partial charge in [0.2, 0.25) is 0 Å². The van der Waals surface area contributed by atoms with Crippen molar-refractivity contribution >= 4 is 49.0 Å². The van der Waals surface area contributed by atoms with Gasteiger partial charge in [-0.2, -0.15) is 0 Å². The molecule has 0 aromatic rings. The van der Waals surface area contributed by atoms with Crippen molar-refractivity contribution in [2.45, 2.75) is 11.8 Å². The van der Waals surface area contributed by atoms with E-state index in [0.29, 0.717) is 0 Å². The predicted octanol–water partition coefficient (Wildman–Crippen LogP) is 0.626. The van der Waals surface area contributed by atoms with Crippen LogP contribution in [-0.2, 0) is 0 Å². The summed E-state index contributed by atoms with van der Waals surface area (Å²) in [6, 6.07) is 0. The SMILES string of the molecule is CC(Cl)Cl.[InH3]. The van der Waals surface area contributed by atoms with Gasteiger partial charge in [-0.25, -0.2) is 0 Å². The van der Waals surface area contributed by atoms with E-state index in [2.05, 4.69) is 0 Å². The Hall–Kier alpha value is 1.45. The van der Waals surface area contributed by atoms with Gasteiger partial charge in [0.05, 0.1) is 0 Å². The van der Waals surface area contributed by atoms with Gasteiger partial charge >= 0.3 is 25.8 Å². The molecule has 0 aromatic heterocycles. The third-order valence-electron chi connectivity index (χ3n) is 0. The standard InChI is InChI=1S/C2H4Cl2.In.3H/c1-2(3)4;;;;/h2H,1H3;;;;. The zero-order valence-corrected chi connectivity index (χ0v) is 3.85. The summed E-state index contributed by atoms with van der Waals surface area (Å²) in [6.07, 6.45) is 0. The fraction of sp³-hybridized carbons (Fsp3) is 1.00. The number of halogens is 2. The van der Waals surface area contributed by atoms with Crippen LogP contribution in [0.2, 0.25) is 0 Å². The maximum atomic E-state index is 5.04. The van der Waals surface area contributed by atoms with Crippen molar-refractivity contribution in [3.8, 4) is 0 Å². The number of hydrogen-bond acceptors (Lipinski definition) is 0. The molecule has 0 radical (unpaired) electrons. The first-order valence-corrected chi connectivity index (χ1v) is 1.89. The molecule has 32 valence electrons. The summed E-state index contributed by atoms with van der Waals surface area (Å²) in [5.74, 6) is 0. The van der Waals surface area contributed by atoms with Crippen molar-refractivity contribution in [1.82, 2.24) is 0 Å². The molecule has 0 unspecified atom stereocenters. The van der Waals surface area contributed by atoms with Crippen LogP contribution in [0.4, 0.5) is 0 Å². The fourth-order valence-corrected chi connectivity index (χ4v) is 0. The van der Waals surface area contributed by atoms with Crippen molar-refractivity contribution in [1.29, 1.82) is 0 Å². The van der Waals surface area contributed by atoms with Crippen LogP contribution in [0.3, 0.4) is 0 Å². The van der Waals surface area contributed by atoms with Crippen LogP contribution in [0.1, 0.15) is 6.92 Å². The second-order valence-corrected chi connectivity index (χ2v) is 2.05. The summed E-state index contributed by atoms with van der Waals surface area (Å²) >= 11 is 10.1. The summed E-state index contributed by atoms with van der Waals surface area (Å²) < 4.78 is 0. The molecule has 0 saturated carbocycles. The summed E-state index contributed by atoms with van der Waals surface area (Å²) in [6.45, 7) is 1.70. The Kier molecular flexibility index (Phi) is 10.5. The molecular formula is C2H7Cl2In. The molecule has 0 aromatic carbocycles. The molecule has 0 aliphatic heterocycles. The molecule has 0 heterocycles. The van der Waals surface area contributed by atoms with E-state index in [9.17, 15) is 0 Å². The van der Waals surface area contributed by atoms with Gasteiger partial charge in [0, 0.05) is 0 Å². The Morgan fingerprint density at radius 2 is 1.40 bits per heavy atom. The van der Waals surface area contributed by atoms with Gasteiger partial charge in [0.25, 0.3) is 0 Å². The Morgan fingerprint density at radius 3 is 1.40 bits per heavy atom. The average Bonchev–Trinajstić information content (AvgIpc) is 0.811. The minimum absolute atomic E-state index is 0. The molecule has 0 fully saturated rings. The number of alkyl halides is 2. The van der Waals surface area contributed by atoms with Crippen molar-refractivity contribution < 1.29 is 0 Å². The van der Waals surface area contributed by atoms with Crippen LogP contribution in [0.25, 0.3) is 0 Å². The van der Waals surface area contributed by atoms with Gasteiger partial charge in [0.1, 0.15) is 4.84 Å². The summed E-state index contributed by atoms with van der Waals surface area (Å²) in [7, 11) is 0. The molecule has 0 saturated heterocycles. The molecule has 0 spiro atoms. The first kappa shape index (κ1) is 9.67. The average molecular weight is 217 g/mol. The van der Waals surface area contributed by atoms with Gasteiger partial charge in [0.15, 0.2) is 0 Å². The molecule has 0 atom stereocenters. The number of hydrogen-bond donors (Lipinski definition) is 0. The Morgan fingerprint density at radius 1 is 1.40 bits per heavy atom. The van der Waals surface area contributed by atoms with E-state index in [-0.39, 0.29) is 30.7 Å². The zero-order valence-electron chi connectivity index (χ0n) is 2.33. The molecule has 0 aliphatic rings. The first-order chi connectivity index (χ1) is 1.73. The molecular weight excluding hydrogens is 210 g/mol. The van der Waals surface area contributed by atoms with Gasteiger partial charge in [-0.3, -0.25) is 0 Å². The molecule has 0 nitrogen and oxygen atoms in total. The van der Waals surface area contributed by atoms with Crippen LogP contribution >= 0.6 is 23.2 Å². The predicted molar refractivity (Wildman–Crippen MR) is 31.1 cm³/mol. The summed E-state index contributed by atoms with van der Waals surface area (Å²) in [5.41, 5.74) is 0. The van der Waals surface area contributed by atoms with E-state index in [1.807, 2.05) is 0 Å². The van der Waals surface area contributed by atoms with Crippen molar-refractivity contribution in [2.75, 3.05) is 0 Å². The van der Waals surface area contributed by atoms with E-state index < -0.39 is 0 Å². The van der Waals surface area contributed by atoms with E-state index in [0.717, 1.165) is 0 Å². The van der Waals surface area contributed by atoms with Gasteiger partial charge in [-0.05, 0) is 6.92 Å². The van der Waals surface area contributed by atoms with Crippen LogP contribution in [0.15, 0.2) is 0 Å². The Balaban J connectivity index is 0. The number of rotatable bonds is 0. The second-order valence-electron chi connectivity index (χ2n) is 0.519. The van der Waals surface area contributed by atoms with E-state index in [1.54, 1.807) is 6.92 Å². The van der Waals surface area contributed by atoms with Gasteiger partial charge < -0.3 is 0 Å². The molecule has 3 heteroatoms. The molecule has 0 rings (SSSR count). The van der Waals surface area contributed by atoms with Crippen LogP contribution in [0, 0.1) is 0 Å². The van der Waals surface area contributed by atoms with E-state index in [1.165, 1.54) is 0 Å². The van der Waals surface area contributed by atoms with Gasteiger partial charge in [-0.15, -0.1) is 23.2 Å². The monoisotopic (exact) mass is 216 g/mol.